The molecule has 3 heterocycles. The average Bonchev–Trinajstić information content (AvgIpc) is 3.46. The van der Waals surface area contributed by atoms with Crippen molar-refractivity contribution in [1.82, 2.24) is 20.1 Å². The molecule has 0 spiro atoms. The van der Waals surface area contributed by atoms with Crippen LogP contribution in [0.4, 0.5) is 18.9 Å². The second kappa shape index (κ2) is 12.8. The Kier molecular flexibility index (Phi) is 9.27. The molecule has 1 amide bonds. The number of amides is 1. The van der Waals surface area contributed by atoms with Gasteiger partial charge in [-0.05, 0) is 42.9 Å². The lowest BCUT2D eigenvalue weighted by Crippen LogP contribution is -2.36. The van der Waals surface area contributed by atoms with E-state index in [1.807, 2.05) is 31.3 Å². The molecule has 0 aliphatic carbocycles. The first-order chi connectivity index (χ1) is 19.1. The normalized spacial score (nSPS) is 14.8. The van der Waals surface area contributed by atoms with Gasteiger partial charge in [-0.15, -0.1) is 10.2 Å². The molecular formula is C27H27F3N6O3S. The fourth-order valence-corrected chi connectivity index (χ4v) is 5.26. The predicted molar refractivity (Wildman–Crippen MR) is 145 cm³/mol. The maximum Gasteiger partial charge on any atom is 0.314 e. The zero-order chi connectivity index (χ0) is 28.7. The van der Waals surface area contributed by atoms with Crippen molar-refractivity contribution < 1.29 is 26.6 Å². The van der Waals surface area contributed by atoms with E-state index in [1.165, 1.54) is 17.0 Å². The number of aromatic nitrogens is 3. The van der Waals surface area contributed by atoms with Gasteiger partial charge in [0.1, 0.15) is 5.82 Å². The topological polar surface area (TPSA) is 116 Å². The van der Waals surface area contributed by atoms with Gasteiger partial charge in [-0.1, -0.05) is 24.3 Å². The third kappa shape index (κ3) is 7.51. The Hall–Kier alpha value is -4.10. The Balaban J connectivity index is 0.000000350. The quantitative estimate of drug-likeness (QED) is 0.309. The highest BCUT2D eigenvalue weighted by Crippen LogP contribution is 2.27. The van der Waals surface area contributed by atoms with Crippen LogP contribution in [-0.4, -0.2) is 62.3 Å². The Labute approximate surface area is 229 Å². The first-order valence-corrected chi connectivity index (χ1v) is 14.1. The highest BCUT2D eigenvalue weighted by molar-refractivity contribution is 7.92. The van der Waals surface area contributed by atoms with Crippen LogP contribution in [0.3, 0.4) is 0 Å². The fourth-order valence-electron chi connectivity index (χ4n) is 3.84. The number of pyridine rings is 1. The molecule has 2 aromatic carbocycles. The molecule has 1 fully saturated rings. The van der Waals surface area contributed by atoms with E-state index in [1.54, 1.807) is 24.5 Å². The lowest BCUT2D eigenvalue weighted by atomic mass is 10.1. The minimum absolute atomic E-state index is 0.0295. The van der Waals surface area contributed by atoms with Crippen molar-refractivity contribution in [1.29, 1.82) is 4.78 Å². The zero-order valence-corrected chi connectivity index (χ0v) is 22.4. The number of carbonyl (C=O) groups excluding carboxylic acids is 1. The molecule has 0 atom stereocenters. The van der Waals surface area contributed by atoms with Crippen LogP contribution in [0.15, 0.2) is 71.4 Å². The lowest BCUT2D eigenvalue weighted by Gasteiger charge is -2.23. The highest BCUT2D eigenvalue weighted by Gasteiger charge is 2.19. The van der Waals surface area contributed by atoms with Gasteiger partial charge in [0.25, 0.3) is 5.89 Å². The number of rotatable bonds is 7. The fraction of sp³-hybridized carbons (Fsp3) is 0.259. The van der Waals surface area contributed by atoms with E-state index in [2.05, 4.69) is 20.1 Å². The second-order valence-electron chi connectivity index (χ2n) is 9.10. The SMILES string of the molecule is CN1CCS(=N)(=O)CC1.O=CN(Cc1ccc(-c2nnc(C(F)F)o2)cc1F)c1cccc(-c2cccnc2)c1. The molecule has 1 aliphatic rings. The van der Waals surface area contributed by atoms with Crippen LogP contribution in [0.2, 0.25) is 0 Å². The Morgan fingerprint density at radius 1 is 1.07 bits per heavy atom. The number of alkyl halides is 2. The van der Waals surface area contributed by atoms with Crippen LogP contribution < -0.4 is 4.90 Å². The molecule has 5 rings (SSSR count). The molecule has 0 unspecified atom stereocenters. The molecule has 0 bridgehead atoms. The summed E-state index contributed by atoms with van der Waals surface area (Å²) in [5.74, 6) is -0.561. The van der Waals surface area contributed by atoms with E-state index in [9.17, 15) is 22.2 Å². The number of anilines is 1. The summed E-state index contributed by atoms with van der Waals surface area (Å²) < 4.78 is 62.9. The molecule has 4 aromatic rings. The van der Waals surface area contributed by atoms with Crippen molar-refractivity contribution in [2.24, 2.45) is 0 Å². The predicted octanol–water partition coefficient (Wildman–Crippen LogP) is 5.02. The van der Waals surface area contributed by atoms with Gasteiger partial charge in [0.2, 0.25) is 12.3 Å². The number of halogens is 3. The molecule has 13 heteroatoms. The number of carbonyl (C=O) groups is 1. The molecule has 210 valence electrons. The van der Waals surface area contributed by atoms with Crippen molar-refractivity contribution >= 4 is 21.8 Å². The first kappa shape index (κ1) is 28.9. The zero-order valence-electron chi connectivity index (χ0n) is 21.5. The Morgan fingerprint density at radius 3 is 2.42 bits per heavy atom. The molecule has 1 aliphatic heterocycles. The molecule has 1 N–H and O–H groups in total. The van der Waals surface area contributed by atoms with E-state index >= 15 is 0 Å². The maximum absolute atomic E-state index is 14.7. The van der Waals surface area contributed by atoms with Gasteiger partial charge >= 0.3 is 6.43 Å². The van der Waals surface area contributed by atoms with Crippen LogP contribution in [-0.2, 0) is 21.1 Å². The molecule has 9 nitrogen and oxygen atoms in total. The molecule has 2 aromatic heterocycles. The van der Waals surface area contributed by atoms with Gasteiger partial charge in [-0.2, -0.15) is 8.78 Å². The van der Waals surface area contributed by atoms with Gasteiger partial charge in [-0.3, -0.25) is 14.6 Å². The smallest absolute Gasteiger partial charge is 0.314 e. The lowest BCUT2D eigenvalue weighted by molar-refractivity contribution is -0.107. The summed E-state index contributed by atoms with van der Waals surface area (Å²) in [5, 5.41) is 6.74. The number of benzene rings is 2. The van der Waals surface area contributed by atoms with Crippen molar-refractivity contribution in [3.05, 3.63) is 84.3 Å². The van der Waals surface area contributed by atoms with Crippen molar-refractivity contribution in [2.75, 3.05) is 36.5 Å². The van der Waals surface area contributed by atoms with Crippen molar-refractivity contribution in [3.63, 3.8) is 0 Å². The highest BCUT2D eigenvalue weighted by atomic mass is 32.2. The maximum atomic E-state index is 14.7. The summed E-state index contributed by atoms with van der Waals surface area (Å²) in [7, 11) is -0.163. The monoisotopic (exact) mass is 572 g/mol. The molecule has 0 saturated carbocycles. The van der Waals surface area contributed by atoms with E-state index in [-0.39, 0.29) is 23.6 Å². The number of nitrogens with one attached hydrogen (secondary N) is 1. The van der Waals surface area contributed by atoms with E-state index in [0.717, 1.165) is 30.3 Å². The Morgan fingerprint density at radius 2 is 1.82 bits per heavy atom. The van der Waals surface area contributed by atoms with Crippen LogP contribution >= 0.6 is 0 Å². The van der Waals surface area contributed by atoms with Crippen LogP contribution in [0.5, 0.6) is 0 Å². The van der Waals surface area contributed by atoms with E-state index in [4.69, 9.17) is 9.20 Å². The van der Waals surface area contributed by atoms with Crippen LogP contribution in [0.25, 0.3) is 22.6 Å². The summed E-state index contributed by atoms with van der Waals surface area (Å²) in [4.78, 5) is 19.3. The van der Waals surface area contributed by atoms with Crippen LogP contribution in [0, 0.1) is 10.6 Å². The van der Waals surface area contributed by atoms with Gasteiger partial charge < -0.3 is 14.2 Å². The summed E-state index contributed by atoms with van der Waals surface area (Å²) in [6, 6.07) is 15.0. The first-order valence-electron chi connectivity index (χ1n) is 12.2. The van der Waals surface area contributed by atoms with Gasteiger partial charge in [0.15, 0.2) is 0 Å². The third-order valence-corrected chi connectivity index (χ3v) is 7.86. The standard InChI is InChI=1S/C22H15F3N4O2.C5H12N2OS/c23-19-10-15(21-27-28-22(31-21)20(24)25)6-7-17(19)12-29(13-30)18-5-1-3-14(9-18)16-4-2-8-26-11-16;1-7-2-4-9(6,8)5-3-7/h1-11,13,20H,12H2;6H,2-5H2,1H3. The minimum atomic E-state index is -2.91. The number of nitrogens with zero attached hydrogens (tertiary/aromatic N) is 5. The summed E-state index contributed by atoms with van der Waals surface area (Å²) in [5.41, 5.74) is 2.72. The van der Waals surface area contributed by atoms with Gasteiger partial charge in [0.05, 0.1) is 6.54 Å². The summed E-state index contributed by atoms with van der Waals surface area (Å²) in [6.45, 7) is 1.61. The average molecular weight is 573 g/mol. The Bertz CT molecular complexity index is 1540. The van der Waals surface area contributed by atoms with E-state index in [0.29, 0.717) is 23.6 Å². The summed E-state index contributed by atoms with van der Waals surface area (Å²) >= 11 is 0. The minimum Gasteiger partial charge on any atom is -0.415 e. The van der Waals surface area contributed by atoms with Crippen molar-refractivity contribution in [2.45, 2.75) is 13.0 Å². The molecule has 1 saturated heterocycles. The van der Waals surface area contributed by atoms with Gasteiger partial charge in [-0.25, -0.2) is 8.60 Å². The number of hydrogen-bond acceptors (Lipinski definition) is 8. The molecule has 0 radical (unpaired) electrons. The van der Waals surface area contributed by atoms with E-state index < -0.39 is 27.9 Å². The van der Waals surface area contributed by atoms with Gasteiger partial charge in [0, 0.05) is 69.1 Å². The third-order valence-electron chi connectivity index (χ3n) is 6.17. The number of hydrogen-bond donors (Lipinski definition) is 1. The molecule has 40 heavy (non-hydrogen) atoms. The largest absolute Gasteiger partial charge is 0.415 e. The summed E-state index contributed by atoms with van der Waals surface area (Å²) in [6.07, 6.45) is 1.08. The van der Waals surface area contributed by atoms with Crippen LogP contribution in [0.1, 0.15) is 17.9 Å². The second-order valence-corrected chi connectivity index (χ2v) is 11.5. The molecular weight excluding hydrogens is 545 g/mol. The van der Waals surface area contributed by atoms with Crippen molar-refractivity contribution in [3.8, 4) is 22.6 Å².